The van der Waals surface area contributed by atoms with Crippen LogP contribution in [-0.4, -0.2) is 43.6 Å². The molecule has 0 aromatic heterocycles. The van der Waals surface area contributed by atoms with E-state index in [1.54, 1.807) is 38.3 Å². The third-order valence-corrected chi connectivity index (χ3v) is 3.87. The molecular weight excluding hydrogens is 300 g/mol. The Hall–Kier alpha value is -1.63. The molecule has 1 N–H and O–H groups in total. The van der Waals surface area contributed by atoms with Gasteiger partial charge in [-0.1, -0.05) is 26.0 Å². The summed E-state index contributed by atoms with van der Waals surface area (Å²) in [5, 5.41) is 10.5. The van der Waals surface area contributed by atoms with Gasteiger partial charge in [0.25, 0.3) is 0 Å². The highest BCUT2D eigenvalue weighted by Crippen LogP contribution is 2.35. The zero-order valence-corrected chi connectivity index (χ0v) is 13.9. The Kier molecular flexibility index (Phi) is 5.62. The molecule has 0 aliphatic carbocycles. The molecule has 1 aromatic carbocycles. The van der Waals surface area contributed by atoms with Gasteiger partial charge in [-0.3, -0.25) is 0 Å². The highest BCUT2D eigenvalue weighted by molar-refractivity contribution is 5.75. The van der Waals surface area contributed by atoms with E-state index in [0.717, 1.165) is 5.56 Å². The van der Waals surface area contributed by atoms with Crippen molar-refractivity contribution in [2.75, 3.05) is 20.3 Å². The lowest BCUT2D eigenvalue weighted by molar-refractivity contribution is -0.195. The Labute approximate surface area is 136 Å². The lowest BCUT2D eigenvalue weighted by Crippen LogP contribution is -2.46. The van der Waals surface area contributed by atoms with E-state index < -0.39 is 29.9 Å². The quantitative estimate of drug-likeness (QED) is 0.855. The Morgan fingerprint density at radius 3 is 2.57 bits per heavy atom. The Bertz CT molecular complexity index is 524. The molecule has 0 saturated carbocycles. The van der Waals surface area contributed by atoms with E-state index >= 15 is 0 Å². The van der Waals surface area contributed by atoms with Gasteiger partial charge in [0, 0.05) is 11.0 Å². The molecule has 0 radical (unpaired) electrons. The van der Waals surface area contributed by atoms with Crippen LogP contribution < -0.4 is 4.74 Å². The average molecular weight is 324 g/mol. The van der Waals surface area contributed by atoms with Crippen molar-refractivity contribution in [2.45, 2.75) is 39.3 Å². The molecule has 1 fully saturated rings. The molecule has 0 amide bonds. The second-order valence-electron chi connectivity index (χ2n) is 6.16. The lowest BCUT2D eigenvalue weighted by atomic mass is 9.84. The number of ether oxygens (including phenoxy) is 4. The predicted molar refractivity (Wildman–Crippen MR) is 83.0 cm³/mol. The van der Waals surface area contributed by atoms with Crippen LogP contribution in [0.2, 0.25) is 0 Å². The number of aliphatic hydroxyl groups is 1. The number of hydrogen-bond donors (Lipinski definition) is 1. The van der Waals surface area contributed by atoms with E-state index in [1.807, 2.05) is 13.8 Å². The van der Waals surface area contributed by atoms with Crippen LogP contribution in [0.25, 0.3) is 0 Å². The Balaban J connectivity index is 2.25. The molecule has 1 saturated heterocycles. The van der Waals surface area contributed by atoms with Crippen molar-refractivity contribution >= 4 is 5.97 Å². The summed E-state index contributed by atoms with van der Waals surface area (Å²) in [6.45, 7) is 5.83. The van der Waals surface area contributed by atoms with Crippen LogP contribution in [0, 0.1) is 5.41 Å². The van der Waals surface area contributed by atoms with Gasteiger partial charge in [-0.2, -0.15) is 0 Å². The normalized spacial score (nSPS) is 27.1. The number of benzene rings is 1. The van der Waals surface area contributed by atoms with Gasteiger partial charge in [0.05, 0.1) is 26.4 Å². The summed E-state index contributed by atoms with van der Waals surface area (Å²) in [4.78, 5) is 12.1. The van der Waals surface area contributed by atoms with Gasteiger partial charge in [-0.05, 0) is 19.1 Å². The van der Waals surface area contributed by atoms with Gasteiger partial charge >= 0.3 is 5.97 Å². The summed E-state index contributed by atoms with van der Waals surface area (Å²) >= 11 is 0. The fourth-order valence-corrected chi connectivity index (χ4v) is 2.38. The minimum absolute atomic E-state index is 0.222. The minimum atomic E-state index is -1.10. The number of carbonyl (C=O) groups is 1. The lowest BCUT2D eigenvalue weighted by Gasteiger charge is -2.30. The molecule has 128 valence electrons. The fourth-order valence-electron chi connectivity index (χ4n) is 2.38. The van der Waals surface area contributed by atoms with Crippen LogP contribution >= 0.6 is 0 Å². The van der Waals surface area contributed by atoms with Crippen molar-refractivity contribution in [1.82, 2.24) is 0 Å². The number of methoxy groups -OCH3 is 1. The van der Waals surface area contributed by atoms with Gasteiger partial charge in [0.15, 0.2) is 12.4 Å². The summed E-state index contributed by atoms with van der Waals surface area (Å²) in [5.41, 5.74) is 0.101. The van der Waals surface area contributed by atoms with Crippen LogP contribution in [0.4, 0.5) is 0 Å². The molecule has 2 rings (SSSR count). The molecule has 3 atom stereocenters. The van der Waals surface area contributed by atoms with E-state index in [1.165, 1.54) is 0 Å². The largest absolute Gasteiger partial charge is 0.497 e. The number of esters is 1. The summed E-state index contributed by atoms with van der Waals surface area (Å²) in [7, 11) is 1.59. The molecule has 1 heterocycles. The second-order valence-corrected chi connectivity index (χ2v) is 6.16. The molecule has 1 aliphatic heterocycles. The van der Waals surface area contributed by atoms with Crippen LogP contribution in [-0.2, 0) is 19.0 Å². The molecule has 0 bridgehead atoms. The van der Waals surface area contributed by atoms with Crippen LogP contribution in [0.1, 0.15) is 32.6 Å². The average Bonchev–Trinajstić information content (AvgIpc) is 2.65. The number of rotatable bonds is 4. The van der Waals surface area contributed by atoms with Crippen molar-refractivity contribution in [3.05, 3.63) is 29.8 Å². The maximum Gasteiger partial charge on any atom is 0.338 e. The van der Waals surface area contributed by atoms with Crippen molar-refractivity contribution in [3.8, 4) is 5.75 Å². The summed E-state index contributed by atoms with van der Waals surface area (Å²) in [6.07, 6.45) is -2.88. The van der Waals surface area contributed by atoms with Crippen LogP contribution in [0.3, 0.4) is 0 Å². The third-order valence-electron chi connectivity index (χ3n) is 3.87. The summed E-state index contributed by atoms with van der Waals surface area (Å²) in [5.74, 6) is 0.127. The standard InChI is InChI=1S/C17H24O6/c1-5-21-15(19)13-14(18)17(2,3)10-22-16(23-13)11-6-8-12(20-4)9-7-11/h6-9,13-14,16,18H,5,10H2,1-4H3/t13-,14-,16?/m1/s1. The van der Waals surface area contributed by atoms with Crippen molar-refractivity contribution in [3.63, 3.8) is 0 Å². The van der Waals surface area contributed by atoms with E-state index in [-0.39, 0.29) is 13.2 Å². The van der Waals surface area contributed by atoms with Crippen molar-refractivity contribution < 1.29 is 28.8 Å². The molecule has 6 heteroatoms. The van der Waals surface area contributed by atoms with Crippen LogP contribution in [0.15, 0.2) is 24.3 Å². The maximum atomic E-state index is 12.1. The topological polar surface area (TPSA) is 74.2 Å². The highest BCUT2D eigenvalue weighted by Gasteiger charge is 2.45. The number of hydrogen-bond acceptors (Lipinski definition) is 6. The number of aliphatic hydroxyl groups excluding tert-OH is 1. The van der Waals surface area contributed by atoms with Crippen molar-refractivity contribution in [2.24, 2.45) is 5.41 Å². The summed E-state index contributed by atoms with van der Waals surface area (Å²) in [6, 6.07) is 7.18. The first kappa shape index (κ1) is 17.7. The molecule has 1 aliphatic rings. The summed E-state index contributed by atoms with van der Waals surface area (Å²) < 4.78 is 21.7. The van der Waals surface area contributed by atoms with E-state index in [2.05, 4.69) is 0 Å². The van der Waals surface area contributed by atoms with Gasteiger partial charge in [-0.15, -0.1) is 0 Å². The molecular formula is C17H24O6. The molecule has 6 nitrogen and oxygen atoms in total. The van der Waals surface area contributed by atoms with Gasteiger partial charge < -0.3 is 24.1 Å². The Morgan fingerprint density at radius 1 is 1.35 bits per heavy atom. The highest BCUT2D eigenvalue weighted by atomic mass is 16.7. The zero-order valence-electron chi connectivity index (χ0n) is 13.9. The van der Waals surface area contributed by atoms with E-state index in [4.69, 9.17) is 18.9 Å². The maximum absolute atomic E-state index is 12.1. The molecule has 23 heavy (non-hydrogen) atoms. The molecule has 0 spiro atoms. The smallest absolute Gasteiger partial charge is 0.338 e. The monoisotopic (exact) mass is 324 g/mol. The van der Waals surface area contributed by atoms with Gasteiger partial charge in [-0.25, -0.2) is 4.79 Å². The Morgan fingerprint density at radius 2 is 2.00 bits per heavy atom. The first-order chi connectivity index (χ1) is 10.9. The molecule has 1 aromatic rings. The zero-order chi connectivity index (χ0) is 17.0. The first-order valence-corrected chi connectivity index (χ1v) is 7.64. The minimum Gasteiger partial charge on any atom is -0.497 e. The van der Waals surface area contributed by atoms with Gasteiger partial charge in [0.1, 0.15) is 5.75 Å². The molecule has 1 unspecified atom stereocenters. The third kappa shape index (κ3) is 4.02. The first-order valence-electron chi connectivity index (χ1n) is 7.64. The van der Waals surface area contributed by atoms with E-state index in [0.29, 0.717) is 5.75 Å². The second kappa shape index (κ2) is 7.29. The van der Waals surface area contributed by atoms with Gasteiger partial charge in [0.2, 0.25) is 0 Å². The SMILES string of the molecule is CCOC(=O)[C@@H]1OC(c2ccc(OC)cc2)OCC(C)(C)[C@@H]1O. The van der Waals surface area contributed by atoms with Crippen LogP contribution in [0.5, 0.6) is 5.75 Å². The predicted octanol–water partition coefficient (Wildman–Crippen LogP) is 2.06. The van der Waals surface area contributed by atoms with E-state index in [9.17, 15) is 9.90 Å². The number of carbonyl (C=O) groups excluding carboxylic acids is 1. The fraction of sp³-hybridized carbons (Fsp3) is 0.588. The van der Waals surface area contributed by atoms with Crippen molar-refractivity contribution in [1.29, 1.82) is 0 Å².